The Labute approximate surface area is 130 Å². The van der Waals surface area contributed by atoms with Crippen LogP contribution in [0.1, 0.15) is 26.7 Å². The first kappa shape index (κ1) is 17.8. The second kappa shape index (κ2) is 8.92. The molecule has 22 heavy (non-hydrogen) atoms. The molecular weight excluding hydrogens is 286 g/mol. The second-order valence-electron chi connectivity index (χ2n) is 5.21. The average Bonchev–Trinajstić information content (AvgIpc) is 2.50. The Bertz CT molecular complexity index is 513. The molecule has 0 aliphatic carbocycles. The van der Waals surface area contributed by atoms with Crippen LogP contribution in [-0.2, 0) is 14.3 Å². The molecule has 0 aromatic heterocycles. The van der Waals surface area contributed by atoms with Gasteiger partial charge in [0.05, 0.1) is 19.9 Å². The summed E-state index contributed by atoms with van der Waals surface area (Å²) in [6.45, 7) is 3.72. The third-order valence-corrected chi connectivity index (χ3v) is 2.97. The monoisotopic (exact) mass is 309 g/mol. The molecule has 0 radical (unpaired) electrons. The van der Waals surface area contributed by atoms with E-state index in [9.17, 15) is 9.59 Å². The van der Waals surface area contributed by atoms with Gasteiger partial charge in [-0.3, -0.25) is 9.59 Å². The summed E-state index contributed by atoms with van der Waals surface area (Å²) in [5.41, 5.74) is 0.463. The van der Waals surface area contributed by atoms with Crippen LogP contribution >= 0.6 is 0 Å². The molecule has 0 saturated heterocycles. The topological polar surface area (TPSA) is 73.9 Å². The minimum Gasteiger partial charge on any atom is -0.497 e. The van der Waals surface area contributed by atoms with Gasteiger partial charge in [-0.25, -0.2) is 0 Å². The number of amides is 1. The van der Waals surface area contributed by atoms with Crippen molar-refractivity contribution in [2.75, 3.05) is 26.1 Å². The number of anilines is 1. The SMILES string of the molecule is COc1ccc(OC)c(NC(=O)COC(=O)CCC(C)C)c1. The van der Waals surface area contributed by atoms with Crippen molar-refractivity contribution in [3.63, 3.8) is 0 Å². The van der Waals surface area contributed by atoms with Gasteiger partial charge in [0, 0.05) is 12.5 Å². The summed E-state index contributed by atoms with van der Waals surface area (Å²) in [5, 5.41) is 2.64. The molecule has 6 heteroatoms. The number of nitrogens with one attached hydrogen (secondary N) is 1. The summed E-state index contributed by atoms with van der Waals surface area (Å²) < 4.78 is 15.2. The van der Waals surface area contributed by atoms with Crippen LogP contribution in [0, 0.1) is 5.92 Å². The molecule has 0 spiro atoms. The molecule has 0 fully saturated rings. The normalized spacial score (nSPS) is 10.2. The van der Waals surface area contributed by atoms with Crippen molar-refractivity contribution in [3.05, 3.63) is 18.2 Å². The zero-order valence-corrected chi connectivity index (χ0v) is 13.5. The van der Waals surface area contributed by atoms with E-state index in [0.717, 1.165) is 6.42 Å². The average molecular weight is 309 g/mol. The summed E-state index contributed by atoms with van der Waals surface area (Å²) in [5.74, 6) is 0.707. The number of hydrogen-bond acceptors (Lipinski definition) is 5. The van der Waals surface area contributed by atoms with Gasteiger partial charge in [-0.2, -0.15) is 0 Å². The molecule has 0 bridgehead atoms. The Hall–Kier alpha value is -2.24. The lowest BCUT2D eigenvalue weighted by Gasteiger charge is -2.12. The van der Waals surface area contributed by atoms with Gasteiger partial charge in [-0.05, 0) is 24.5 Å². The first-order chi connectivity index (χ1) is 10.5. The zero-order valence-electron chi connectivity index (χ0n) is 13.5. The Balaban J connectivity index is 2.52. The van der Waals surface area contributed by atoms with Crippen LogP contribution in [-0.4, -0.2) is 32.7 Å². The zero-order chi connectivity index (χ0) is 16.5. The van der Waals surface area contributed by atoms with Crippen LogP contribution in [0.5, 0.6) is 11.5 Å². The molecule has 1 N–H and O–H groups in total. The number of carbonyl (C=O) groups excluding carboxylic acids is 2. The molecule has 1 aromatic carbocycles. The number of rotatable bonds is 8. The van der Waals surface area contributed by atoms with Gasteiger partial charge in [0.2, 0.25) is 0 Å². The maximum absolute atomic E-state index is 11.8. The highest BCUT2D eigenvalue weighted by molar-refractivity contribution is 5.94. The van der Waals surface area contributed by atoms with Crippen molar-refractivity contribution < 1.29 is 23.8 Å². The van der Waals surface area contributed by atoms with Gasteiger partial charge in [0.1, 0.15) is 11.5 Å². The number of carbonyl (C=O) groups is 2. The minimum absolute atomic E-state index is 0.313. The molecule has 122 valence electrons. The van der Waals surface area contributed by atoms with E-state index in [0.29, 0.717) is 29.5 Å². The van der Waals surface area contributed by atoms with E-state index < -0.39 is 5.91 Å². The summed E-state index contributed by atoms with van der Waals surface area (Å²) in [7, 11) is 3.04. The van der Waals surface area contributed by atoms with E-state index in [4.69, 9.17) is 14.2 Å². The Morgan fingerprint density at radius 2 is 1.91 bits per heavy atom. The number of esters is 1. The van der Waals surface area contributed by atoms with Crippen LogP contribution in [0.3, 0.4) is 0 Å². The summed E-state index contributed by atoms with van der Waals surface area (Å²) in [4.78, 5) is 23.3. The molecule has 0 atom stereocenters. The van der Waals surface area contributed by atoms with Crippen LogP contribution in [0.25, 0.3) is 0 Å². The summed E-state index contributed by atoms with van der Waals surface area (Å²) >= 11 is 0. The fourth-order valence-electron chi connectivity index (χ4n) is 1.72. The fourth-order valence-corrected chi connectivity index (χ4v) is 1.72. The van der Waals surface area contributed by atoms with E-state index in [1.54, 1.807) is 18.2 Å². The van der Waals surface area contributed by atoms with Crippen LogP contribution in [0.15, 0.2) is 18.2 Å². The van der Waals surface area contributed by atoms with Crippen molar-refractivity contribution in [1.82, 2.24) is 0 Å². The maximum atomic E-state index is 11.8. The predicted octanol–water partition coefficient (Wildman–Crippen LogP) is 2.62. The lowest BCUT2D eigenvalue weighted by atomic mass is 10.1. The molecule has 0 unspecified atom stereocenters. The van der Waals surface area contributed by atoms with E-state index in [1.807, 2.05) is 13.8 Å². The molecule has 0 saturated carbocycles. The Kier molecular flexibility index (Phi) is 7.22. The van der Waals surface area contributed by atoms with Gasteiger partial charge >= 0.3 is 5.97 Å². The van der Waals surface area contributed by atoms with Crippen molar-refractivity contribution in [2.24, 2.45) is 5.92 Å². The molecular formula is C16H23NO5. The Morgan fingerprint density at radius 3 is 2.50 bits per heavy atom. The van der Waals surface area contributed by atoms with E-state index in [-0.39, 0.29) is 12.6 Å². The highest BCUT2D eigenvalue weighted by Gasteiger charge is 2.12. The fraction of sp³-hybridized carbons (Fsp3) is 0.500. The van der Waals surface area contributed by atoms with Gasteiger partial charge in [-0.15, -0.1) is 0 Å². The third-order valence-electron chi connectivity index (χ3n) is 2.97. The summed E-state index contributed by atoms with van der Waals surface area (Å²) in [6, 6.07) is 5.04. The lowest BCUT2D eigenvalue weighted by molar-refractivity contribution is -0.147. The minimum atomic E-state index is -0.426. The van der Waals surface area contributed by atoms with Crippen LogP contribution in [0.4, 0.5) is 5.69 Å². The number of hydrogen-bond donors (Lipinski definition) is 1. The van der Waals surface area contributed by atoms with Crippen LogP contribution in [0.2, 0.25) is 0 Å². The first-order valence-corrected chi connectivity index (χ1v) is 7.13. The first-order valence-electron chi connectivity index (χ1n) is 7.13. The third kappa shape index (κ3) is 6.03. The van der Waals surface area contributed by atoms with Crippen LogP contribution < -0.4 is 14.8 Å². The predicted molar refractivity (Wildman–Crippen MR) is 83.2 cm³/mol. The molecule has 1 rings (SSSR count). The van der Waals surface area contributed by atoms with E-state index >= 15 is 0 Å². The van der Waals surface area contributed by atoms with Crippen molar-refractivity contribution >= 4 is 17.6 Å². The Morgan fingerprint density at radius 1 is 1.18 bits per heavy atom. The largest absolute Gasteiger partial charge is 0.497 e. The van der Waals surface area contributed by atoms with E-state index in [2.05, 4.69) is 5.32 Å². The quantitative estimate of drug-likeness (QED) is 0.747. The smallest absolute Gasteiger partial charge is 0.306 e. The molecule has 1 amide bonds. The molecule has 0 aliphatic heterocycles. The summed E-state index contributed by atoms with van der Waals surface area (Å²) in [6.07, 6.45) is 1.05. The van der Waals surface area contributed by atoms with E-state index in [1.165, 1.54) is 14.2 Å². The second-order valence-corrected chi connectivity index (χ2v) is 5.21. The highest BCUT2D eigenvalue weighted by Crippen LogP contribution is 2.28. The van der Waals surface area contributed by atoms with Crippen molar-refractivity contribution in [2.45, 2.75) is 26.7 Å². The molecule has 6 nitrogen and oxygen atoms in total. The van der Waals surface area contributed by atoms with Gasteiger partial charge in [0.15, 0.2) is 6.61 Å². The number of benzene rings is 1. The highest BCUT2D eigenvalue weighted by atomic mass is 16.5. The van der Waals surface area contributed by atoms with Gasteiger partial charge < -0.3 is 19.5 Å². The molecule has 0 aliphatic rings. The van der Waals surface area contributed by atoms with Gasteiger partial charge in [-0.1, -0.05) is 13.8 Å². The molecule has 0 heterocycles. The lowest BCUT2D eigenvalue weighted by Crippen LogP contribution is -2.21. The van der Waals surface area contributed by atoms with Gasteiger partial charge in [0.25, 0.3) is 5.91 Å². The maximum Gasteiger partial charge on any atom is 0.306 e. The number of methoxy groups -OCH3 is 2. The molecule has 1 aromatic rings. The standard InChI is InChI=1S/C16H23NO5/c1-11(2)5-8-16(19)22-10-15(18)17-13-9-12(20-3)6-7-14(13)21-4/h6-7,9,11H,5,8,10H2,1-4H3,(H,17,18). The van der Waals surface area contributed by atoms with Crippen molar-refractivity contribution in [1.29, 1.82) is 0 Å². The van der Waals surface area contributed by atoms with Crippen molar-refractivity contribution in [3.8, 4) is 11.5 Å². The number of ether oxygens (including phenoxy) is 3.